The molecule has 0 radical (unpaired) electrons. The topological polar surface area (TPSA) is 24.9 Å². The van der Waals surface area contributed by atoms with E-state index in [0.717, 1.165) is 10.2 Å². The van der Waals surface area contributed by atoms with Crippen LogP contribution in [-0.4, -0.2) is 4.98 Å². The first-order valence-corrected chi connectivity index (χ1v) is 6.08. The van der Waals surface area contributed by atoms with Crippen LogP contribution in [0.2, 0.25) is 0 Å². The lowest BCUT2D eigenvalue weighted by molar-refractivity contribution is 0.626. The van der Waals surface area contributed by atoms with Crippen molar-refractivity contribution in [2.75, 3.05) is 5.32 Å². The molecule has 0 saturated carbocycles. The molecule has 1 atom stereocenters. The zero-order valence-corrected chi connectivity index (χ0v) is 10.9. The number of nitrogens with zero attached hydrogens (tertiary/aromatic N) is 1. The maximum absolute atomic E-state index is 13.5. The lowest BCUT2D eigenvalue weighted by Gasteiger charge is -2.15. The van der Waals surface area contributed by atoms with Gasteiger partial charge in [-0.2, -0.15) is 0 Å². The van der Waals surface area contributed by atoms with Gasteiger partial charge in [0.05, 0.1) is 17.4 Å². The van der Waals surface area contributed by atoms with E-state index in [1.54, 1.807) is 18.3 Å². The summed E-state index contributed by atoms with van der Waals surface area (Å²) in [6, 6.07) is 10.5. The monoisotopic (exact) mass is 294 g/mol. The van der Waals surface area contributed by atoms with Crippen LogP contribution in [0.4, 0.5) is 10.1 Å². The van der Waals surface area contributed by atoms with Crippen LogP contribution in [0.15, 0.2) is 47.1 Å². The molecule has 2 aromatic rings. The van der Waals surface area contributed by atoms with Gasteiger partial charge >= 0.3 is 0 Å². The minimum Gasteiger partial charge on any atom is -0.375 e. The number of aromatic nitrogens is 1. The molecule has 0 saturated heterocycles. The number of pyridine rings is 1. The Balaban J connectivity index is 2.18. The summed E-state index contributed by atoms with van der Waals surface area (Å²) in [5.74, 6) is -0.268. The summed E-state index contributed by atoms with van der Waals surface area (Å²) in [6.07, 6.45) is 1.73. The van der Waals surface area contributed by atoms with Gasteiger partial charge in [-0.25, -0.2) is 4.39 Å². The first-order chi connectivity index (χ1) is 8.16. The van der Waals surface area contributed by atoms with Gasteiger partial charge < -0.3 is 5.32 Å². The molecule has 0 fully saturated rings. The first-order valence-electron chi connectivity index (χ1n) is 5.29. The Morgan fingerprint density at radius 1 is 1.29 bits per heavy atom. The van der Waals surface area contributed by atoms with Crippen molar-refractivity contribution in [3.8, 4) is 0 Å². The van der Waals surface area contributed by atoms with E-state index in [4.69, 9.17) is 0 Å². The van der Waals surface area contributed by atoms with Gasteiger partial charge in [0.15, 0.2) is 0 Å². The van der Waals surface area contributed by atoms with Gasteiger partial charge in [0.1, 0.15) is 5.82 Å². The summed E-state index contributed by atoms with van der Waals surface area (Å²) < 4.78 is 14.4. The maximum Gasteiger partial charge on any atom is 0.146 e. The van der Waals surface area contributed by atoms with Crippen LogP contribution in [-0.2, 0) is 0 Å². The van der Waals surface area contributed by atoms with E-state index in [2.05, 4.69) is 26.2 Å². The zero-order valence-electron chi connectivity index (χ0n) is 9.32. The van der Waals surface area contributed by atoms with E-state index >= 15 is 0 Å². The molecule has 1 aromatic heterocycles. The van der Waals surface area contributed by atoms with Crippen LogP contribution in [0.5, 0.6) is 0 Å². The molecule has 0 spiro atoms. The van der Waals surface area contributed by atoms with Gasteiger partial charge in [-0.05, 0) is 37.3 Å². The van der Waals surface area contributed by atoms with Crippen LogP contribution in [0.3, 0.4) is 0 Å². The summed E-state index contributed by atoms with van der Waals surface area (Å²) >= 11 is 3.32. The standard InChI is InChI=1S/C13H12BrFN2/c1-9(12-4-2-3-7-16-12)17-13-8-10(14)5-6-11(13)15/h2-9,17H,1H3. The van der Waals surface area contributed by atoms with Crippen molar-refractivity contribution in [3.05, 3.63) is 58.6 Å². The molecule has 0 amide bonds. The van der Waals surface area contributed by atoms with E-state index < -0.39 is 0 Å². The maximum atomic E-state index is 13.5. The number of hydrogen-bond donors (Lipinski definition) is 1. The van der Waals surface area contributed by atoms with Crippen molar-refractivity contribution in [3.63, 3.8) is 0 Å². The quantitative estimate of drug-likeness (QED) is 0.919. The van der Waals surface area contributed by atoms with Crippen LogP contribution in [0.1, 0.15) is 18.7 Å². The number of anilines is 1. The summed E-state index contributed by atoms with van der Waals surface area (Å²) in [5, 5.41) is 3.10. The predicted octanol–water partition coefficient (Wildman–Crippen LogP) is 4.16. The normalized spacial score (nSPS) is 12.2. The number of rotatable bonds is 3. The average Bonchev–Trinajstić information content (AvgIpc) is 2.35. The highest BCUT2D eigenvalue weighted by atomic mass is 79.9. The van der Waals surface area contributed by atoms with E-state index in [1.165, 1.54) is 6.07 Å². The van der Waals surface area contributed by atoms with Crippen LogP contribution >= 0.6 is 15.9 Å². The van der Waals surface area contributed by atoms with Crippen molar-refractivity contribution in [1.82, 2.24) is 4.98 Å². The Labute approximate surface area is 108 Å². The molecule has 0 aliphatic carbocycles. The Morgan fingerprint density at radius 3 is 2.82 bits per heavy atom. The summed E-state index contributed by atoms with van der Waals surface area (Å²) in [6.45, 7) is 1.95. The summed E-state index contributed by atoms with van der Waals surface area (Å²) in [7, 11) is 0. The van der Waals surface area contributed by atoms with Gasteiger partial charge in [-0.15, -0.1) is 0 Å². The van der Waals surface area contributed by atoms with Crippen LogP contribution in [0, 0.1) is 5.82 Å². The third-order valence-electron chi connectivity index (χ3n) is 2.43. The molecule has 17 heavy (non-hydrogen) atoms. The number of hydrogen-bond acceptors (Lipinski definition) is 2. The van der Waals surface area contributed by atoms with Crippen LogP contribution in [0.25, 0.3) is 0 Å². The molecule has 1 aromatic carbocycles. The molecular weight excluding hydrogens is 283 g/mol. The Kier molecular flexibility index (Phi) is 3.74. The van der Waals surface area contributed by atoms with Gasteiger partial charge in [0, 0.05) is 10.7 Å². The minimum absolute atomic E-state index is 0.0417. The van der Waals surface area contributed by atoms with Gasteiger partial charge in [-0.1, -0.05) is 22.0 Å². The van der Waals surface area contributed by atoms with E-state index in [-0.39, 0.29) is 11.9 Å². The molecule has 4 heteroatoms. The Hall–Kier alpha value is -1.42. The second-order valence-corrected chi connectivity index (χ2v) is 4.66. The highest BCUT2D eigenvalue weighted by molar-refractivity contribution is 9.10. The molecule has 1 N–H and O–H groups in total. The fourth-order valence-corrected chi connectivity index (χ4v) is 1.91. The lowest BCUT2D eigenvalue weighted by atomic mass is 10.2. The lowest BCUT2D eigenvalue weighted by Crippen LogP contribution is -2.09. The second-order valence-electron chi connectivity index (χ2n) is 3.74. The van der Waals surface area contributed by atoms with Crippen molar-refractivity contribution in [2.24, 2.45) is 0 Å². The fourth-order valence-electron chi connectivity index (χ4n) is 1.55. The molecule has 0 aliphatic rings. The molecule has 0 aliphatic heterocycles. The zero-order chi connectivity index (χ0) is 12.3. The smallest absolute Gasteiger partial charge is 0.146 e. The third kappa shape index (κ3) is 3.03. The Morgan fingerprint density at radius 2 is 2.12 bits per heavy atom. The number of halogens is 2. The largest absolute Gasteiger partial charge is 0.375 e. The highest BCUT2D eigenvalue weighted by Gasteiger charge is 2.09. The summed E-state index contributed by atoms with van der Waals surface area (Å²) in [5.41, 5.74) is 1.35. The van der Waals surface area contributed by atoms with Gasteiger partial charge in [0.25, 0.3) is 0 Å². The Bertz CT molecular complexity index is 502. The van der Waals surface area contributed by atoms with Crippen LogP contribution < -0.4 is 5.32 Å². The van der Waals surface area contributed by atoms with Gasteiger partial charge in [-0.3, -0.25) is 4.98 Å². The van der Waals surface area contributed by atoms with E-state index in [9.17, 15) is 4.39 Å². The highest BCUT2D eigenvalue weighted by Crippen LogP contribution is 2.23. The number of benzene rings is 1. The van der Waals surface area contributed by atoms with Crippen molar-refractivity contribution in [2.45, 2.75) is 13.0 Å². The molecule has 1 heterocycles. The third-order valence-corrected chi connectivity index (χ3v) is 2.93. The van der Waals surface area contributed by atoms with Crippen molar-refractivity contribution >= 4 is 21.6 Å². The molecule has 88 valence electrons. The minimum atomic E-state index is -0.268. The second kappa shape index (κ2) is 5.27. The molecule has 1 unspecified atom stereocenters. The average molecular weight is 295 g/mol. The molecule has 2 rings (SSSR count). The predicted molar refractivity (Wildman–Crippen MR) is 70.4 cm³/mol. The SMILES string of the molecule is CC(Nc1cc(Br)ccc1F)c1ccccn1. The number of nitrogens with one attached hydrogen (secondary N) is 1. The van der Waals surface area contributed by atoms with Crippen molar-refractivity contribution < 1.29 is 4.39 Å². The van der Waals surface area contributed by atoms with E-state index in [1.807, 2.05) is 25.1 Å². The van der Waals surface area contributed by atoms with Gasteiger partial charge in [0.2, 0.25) is 0 Å². The molecule has 2 nitrogen and oxygen atoms in total. The van der Waals surface area contributed by atoms with E-state index in [0.29, 0.717) is 5.69 Å². The fraction of sp³-hybridized carbons (Fsp3) is 0.154. The van der Waals surface area contributed by atoms with Crippen molar-refractivity contribution in [1.29, 1.82) is 0 Å². The first kappa shape index (κ1) is 12.0. The molecule has 0 bridgehead atoms. The summed E-state index contributed by atoms with van der Waals surface area (Å²) in [4.78, 5) is 4.23. The molecular formula is C13H12BrFN2.